The molecule has 3 N–H and O–H groups in total. The van der Waals surface area contributed by atoms with Gasteiger partial charge in [-0.1, -0.05) is 23.7 Å². The maximum Gasteiger partial charge on any atom is 0.235 e. The highest BCUT2D eigenvalue weighted by atomic mass is 35.5. The molecule has 3 aliphatic heterocycles. The molecule has 3 saturated heterocycles. The molecule has 0 saturated carbocycles. The zero-order chi connectivity index (χ0) is 37.8. The molecule has 2 amide bonds. The molecule has 2 aromatic heterocycles. The Labute approximate surface area is 321 Å². The SMILES string of the molecule is COc1cc(N2CCC(N3CCN(Cc4ccnc(C5CCC(=O)NC5=O)c4)CC3)CC2)ccc1Nc1ncc(Cl)c(Nc2ccccc2P(C)(C)=O)n1. The third kappa shape index (κ3) is 8.87. The van der Waals surface area contributed by atoms with Gasteiger partial charge in [-0.15, -0.1) is 0 Å². The van der Waals surface area contributed by atoms with Crippen molar-refractivity contribution < 1.29 is 18.9 Å². The maximum absolute atomic E-state index is 12.9. The van der Waals surface area contributed by atoms with Gasteiger partial charge in [0.25, 0.3) is 0 Å². The zero-order valence-corrected chi connectivity index (χ0v) is 32.6. The second-order valence-corrected chi connectivity index (χ2v) is 18.1. The summed E-state index contributed by atoms with van der Waals surface area (Å²) in [7, 11) is -0.885. The van der Waals surface area contributed by atoms with Gasteiger partial charge < -0.3 is 24.8 Å². The van der Waals surface area contributed by atoms with Crippen LogP contribution in [-0.4, -0.2) is 102 Å². The molecule has 7 rings (SSSR count). The summed E-state index contributed by atoms with van der Waals surface area (Å²) in [5, 5.41) is 10.0. The molecule has 0 spiro atoms. The van der Waals surface area contributed by atoms with E-state index in [9.17, 15) is 14.2 Å². The predicted molar refractivity (Wildman–Crippen MR) is 214 cm³/mol. The molecular formula is C39H47ClN9O4P. The number of carbonyl (C=O) groups is 2. The minimum atomic E-state index is -2.54. The highest BCUT2D eigenvalue weighted by molar-refractivity contribution is 7.70. The van der Waals surface area contributed by atoms with Crippen LogP contribution >= 0.6 is 18.7 Å². The molecule has 3 fully saturated rings. The molecule has 1 unspecified atom stereocenters. The Morgan fingerprint density at radius 1 is 0.926 bits per heavy atom. The monoisotopic (exact) mass is 771 g/mol. The molecule has 13 nitrogen and oxygen atoms in total. The first kappa shape index (κ1) is 37.8. The Kier molecular flexibility index (Phi) is 11.5. The van der Waals surface area contributed by atoms with Crippen molar-refractivity contribution in [2.24, 2.45) is 0 Å². The number of ether oxygens (including phenoxy) is 1. The number of piperidine rings is 2. The first-order valence-corrected chi connectivity index (χ1v) is 21.4. The van der Waals surface area contributed by atoms with Crippen LogP contribution in [0.4, 0.5) is 28.8 Å². The van der Waals surface area contributed by atoms with E-state index in [2.05, 4.69) is 57.7 Å². The van der Waals surface area contributed by atoms with Gasteiger partial charge in [-0.2, -0.15) is 4.98 Å². The van der Waals surface area contributed by atoms with Gasteiger partial charge in [0.2, 0.25) is 17.8 Å². The summed E-state index contributed by atoms with van der Waals surface area (Å²) in [6, 6.07) is 18.2. The number of imide groups is 1. The molecule has 0 bridgehead atoms. The normalized spacial score (nSPS) is 19.0. The third-order valence-electron chi connectivity index (χ3n) is 10.5. The number of halogens is 1. The van der Waals surface area contributed by atoms with Crippen LogP contribution in [-0.2, 0) is 20.7 Å². The van der Waals surface area contributed by atoms with Crippen molar-refractivity contribution in [3.63, 3.8) is 0 Å². The number of aromatic nitrogens is 3. The van der Waals surface area contributed by atoms with Crippen LogP contribution in [0.15, 0.2) is 67.0 Å². The van der Waals surface area contributed by atoms with Crippen LogP contribution in [0, 0.1) is 0 Å². The van der Waals surface area contributed by atoms with Gasteiger partial charge in [-0.25, -0.2) is 4.98 Å². The second-order valence-electron chi connectivity index (χ2n) is 14.5. The lowest BCUT2D eigenvalue weighted by Crippen LogP contribution is -2.53. The Hall–Kier alpha value is -4.55. The molecule has 2 aromatic carbocycles. The molecule has 15 heteroatoms. The quantitative estimate of drug-likeness (QED) is 0.129. The number of rotatable bonds is 11. The lowest BCUT2D eigenvalue weighted by molar-refractivity contribution is -0.134. The van der Waals surface area contributed by atoms with Gasteiger partial charge in [0, 0.05) is 81.5 Å². The van der Waals surface area contributed by atoms with Crippen LogP contribution in [0.25, 0.3) is 0 Å². The average Bonchev–Trinajstić information content (AvgIpc) is 3.16. The summed E-state index contributed by atoms with van der Waals surface area (Å²) in [6.45, 7) is 10.2. The standard InChI is InChI=1S/C39H47ClN9O4P/c1-53-34-23-28(8-10-31(34)44-39-42-24-30(40)37(46-39)43-32-6-4-5-7-35(32)54(2,3)52)48-16-13-27(14-17-48)49-20-18-47(19-21-49)25-26-12-15-41-33(22-26)29-9-11-36(50)45-38(29)51/h4-8,10,12,15,22-24,27,29H,9,11,13-14,16-21,25H2,1-3H3,(H,45,50,51)(H2,42,43,44,46). The van der Waals surface area contributed by atoms with Crippen molar-refractivity contribution >= 4 is 64.7 Å². The van der Waals surface area contributed by atoms with Crippen LogP contribution in [0.5, 0.6) is 5.75 Å². The van der Waals surface area contributed by atoms with Crippen LogP contribution in [0.1, 0.15) is 42.9 Å². The highest BCUT2D eigenvalue weighted by Crippen LogP contribution is 2.39. The number of pyridine rings is 1. The number of nitrogens with zero attached hydrogens (tertiary/aromatic N) is 6. The van der Waals surface area contributed by atoms with Gasteiger partial charge in [-0.05, 0) is 74.6 Å². The summed E-state index contributed by atoms with van der Waals surface area (Å²) in [5.41, 5.74) is 4.42. The zero-order valence-electron chi connectivity index (χ0n) is 30.9. The minimum absolute atomic E-state index is 0.208. The van der Waals surface area contributed by atoms with E-state index in [1.807, 2.05) is 42.5 Å². The first-order chi connectivity index (χ1) is 26.0. The van der Waals surface area contributed by atoms with Crippen LogP contribution in [0.2, 0.25) is 5.02 Å². The van der Waals surface area contributed by atoms with Crippen molar-refractivity contribution in [2.75, 3.05) is 75.2 Å². The van der Waals surface area contributed by atoms with Gasteiger partial charge in [0.15, 0.2) is 5.82 Å². The number of anilines is 5. The summed E-state index contributed by atoms with van der Waals surface area (Å²) in [5.74, 6) is 0.616. The van der Waals surface area contributed by atoms with E-state index in [0.29, 0.717) is 47.1 Å². The number of amides is 2. The Bertz CT molecular complexity index is 2050. The third-order valence-corrected chi connectivity index (χ3v) is 12.3. The number of benzene rings is 2. The number of nitrogens with one attached hydrogen (secondary N) is 3. The molecular weight excluding hydrogens is 725 g/mol. The lowest BCUT2D eigenvalue weighted by atomic mass is 9.93. The van der Waals surface area contributed by atoms with E-state index in [-0.39, 0.29) is 17.7 Å². The molecule has 0 aliphatic carbocycles. The lowest BCUT2D eigenvalue weighted by Gasteiger charge is -2.43. The van der Waals surface area contributed by atoms with Gasteiger partial charge in [0.05, 0.1) is 36.3 Å². The van der Waals surface area contributed by atoms with Crippen molar-refractivity contribution in [2.45, 2.75) is 44.2 Å². The van der Waals surface area contributed by atoms with E-state index in [1.165, 1.54) is 6.20 Å². The molecule has 3 aliphatic rings. The fraction of sp³-hybridized carbons (Fsp3) is 0.410. The summed E-state index contributed by atoms with van der Waals surface area (Å²) < 4.78 is 18.7. The number of hydrogen-bond acceptors (Lipinski definition) is 12. The van der Waals surface area contributed by atoms with E-state index in [4.69, 9.17) is 16.3 Å². The number of carbonyl (C=O) groups excluding carboxylic acids is 2. The fourth-order valence-electron chi connectivity index (χ4n) is 7.58. The van der Waals surface area contributed by atoms with Crippen molar-refractivity contribution in [3.8, 4) is 5.75 Å². The molecule has 5 heterocycles. The highest BCUT2D eigenvalue weighted by Gasteiger charge is 2.30. The van der Waals surface area contributed by atoms with E-state index in [0.717, 1.165) is 86.6 Å². The van der Waals surface area contributed by atoms with Gasteiger partial charge in [-0.3, -0.25) is 29.7 Å². The molecule has 284 valence electrons. The fourth-order valence-corrected chi connectivity index (χ4v) is 8.88. The smallest absolute Gasteiger partial charge is 0.235 e. The number of methoxy groups -OCH3 is 1. The Balaban J connectivity index is 0.915. The van der Waals surface area contributed by atoms with Crippen molar-refractivity contribution in [3.05, 3.63) is 83.3 Å². The van der Waals surface area contributed by atoms with E-state index < -0.39 is 7.14 Å². The second kappa shape index (κ2) is 16.4. The molecule has 1 atom stereocenters. The Morgan fingerprint density at radius 3 is 2.44 bits per heavy atom. The summed E-state index contributed by atoms with van der Waals surface area (Å²) in [4.78, 5) is 45.0. The van der Waals surface area contributed by atoms with E-state index in [1.54, 1.807) is 26.6 Å². The topological polar surface area (TPSA) is 145 Å². The molecule has 4 aromatic rings. The average molecular weight is 772 g/mol. The molecule has 0 radical (unpaired) electrons. The van der Waals surface area contributed by atoms with Gasteiger partial charge in [0.1, 0.15) is 17.9 Å². The molecule has 54 heavy (non-hydrogen) atoms. The van der Waals surface area contributed by atoms with Crippen LogP contribution in [0.3, 0.4) is 0 Å². The van der Waals surface area contributed by atoms with Crippen molar-refractivity contribution in [1.82, 2.24) is 30.1 Å². The number of para-hydroxylation sites is 1. The van der Waals surface area contributed by atoms with E-state index >= 15 is 0 Å². The number of hydrogen-bond donors (Lipinski definition) is 3. The van der Waals surface area contributed by atoms with Crippen LogP contribution < -0.4 is 30.9 Å². The largest absolute Gasteiger partial charge is 0.494 e. The predicted octanol–water partition coefficient (Wildman–Crippen LogP) is 5.58. The van der Waals surface area contributed by atoms with Crippen molar-refractivity contribution in [1.29, 1.82) is 0 Å². The number of piperazine rings is 1. The Morgan fingerprint density at radius 2 is 1.70 bits per heavy atom. The maximum atomic E-state index is 12.9. The summed E-state index contributed by atoms with van der Waals surface area (Å²) >= 11 is 6.47. The first-order valence-electron chi connectivity index (χ1n) is 18.4. The van der Waals surface area contributed by atoms with Gasteiger partial charge >= 0.3 is 0 Å². The summed E-state index contributed by atoms with van der Waals surface area (Å²) in [6.07, 6.45) is 6.35. The minimum Gasteiger partial charge on any atom is -0.494 e.